The minimum absolute atomic E-state index is 0.278. The van der Waals surface area contributed by atoms with Crippen LogP contribution in [0.3, 0.4) is 0 Å². The first-order valence-electron chi connectivity index (χ1n) is 4.76. The Morgan fingerprint density at radius 1 is 1.43 bits per heavy atom. The summed E-state index contributed by atoms with van der Waals surface area (Å²) >= 11 is 0. The monoisotopic (exact) mass is 190 g/mol. The van der Waals surface area contributed by atoms with Gasteiger partial charge in [-0.15, -0.1) is 0 Å². The molecule has 1 aromatic carbocycles. The van der Waals surface area contributed by atoms with Crippen LogP contribution in [0.25, 0.3) is 0 Å². The van der Waals surface area contributed by atoms with Crippen molar-refractivity contribution in [2.45, 2.75) is 6.04 Å². The highest BCUT2D eigenvalue weighted by atomic mass is 16.5. The Morgan fingerprint density at radius 3 is 2.86 bits per heavy atom. The van der Waals surface area contributed by atoms with Crippen LogP contribution in [-0.4, -0.2) is 32.6 Å². The number of benzene rings is 1. The smallest absolute Gasteiger partial charge is 0.169 e. The van der Waals surface area contributed by atoms with Crippen LogP contribution in [0.4, 0.5) is 5.69 Å². The molecule has 1 aromatic rings. The van der Waals surface area contributed by atoms with Gasteiger partial charge in [-0.25, -0.2) is 4.99 Å². The second-order valence-electron chi connectivity index (χ2n) is 3.46. The van der Waals surface area contributed by atoms with Gasteiger partial charge in [-0.2, -0.15) is 0 Å². The first-order chi connectivity index (χ1) is 6.86. The Hall–Kier alpha value is -1.51. The zero-order valence-electron chi connectivity index (χ0n) is 8.26. The molecule has 1 heterocycles. The lowest BCUT2D eigenvalue weighted by molar-refractivity contribution is 0.329. The lowest BCUT2D eigenvalue weighted by atomic mass is 10.2. The predicted octanol–water partition coefficient (Wildman–Crippen LogP) is 1.55. The molecule has 74 valence electrons. The molecule has 1 aliphatic rings. The molecule has 3 nitrogen and oxygen atoms in total. The number of likely N-dealkylation sites (N-methyl/N-ethyl adjacent to an activating group) is 1. The average Bonchev–Trinajstić information content (AvgIpc) is 2.72. The van der Waals surface area contributed by atoms with E-state index in [-0.39, 0.29) is 6.04 Å². The maximum absolute atomic E-state index is 5.08. The van der Waals surface area contributed by atoms with Crippen LogP contribution < -0.4 is 4.90 Å². The van der Waals surface area contributed by atoms with Crippen molar-refractivity contribution in [3.05, 3.63) is 30.3 Å². The SMILES string of the molecule is CN(CC1COC=N1)c1ccccc1. The van der Waals surface area contributed by atoms with Crippen molar-refractivity contribution >= 4 is 12.1 Å². The summed E-state index contributed by atoms with van der Waals surface area (Å²) < 4.78 is 5.08. The Balaban J connectivity index is 1.95. The van der Waals surface area contributed by atoms with E-state index < -0.39 is 0 Å². The summed E-state index contributed by atoms with van der Waals surface area (Å²) in [6.07, 6.45) is 1.55. The fourth-order valence-corrected chi connectivity index (χ4v) is 1.53. The van der Waals surface area contributed by atoms with Crippen molar-refractivity contribution in [2.75, 3.05) is 25.1 Å². The van der Waals surface area contributed by atoms with Crippen molar-refractivity contribution in [1.82, 2.24) is 0 Å². The van der Waals surface area contributed by atoms with Gasteiger partial charge in [-0.05, 0) is 12.1 Å². The third-order valence-electron chi connectivity index (χ3n) is 2.32. The Kier molecular flexibility index (Phi) is 2.68. The maximum atomic E-state index is 5.08. The topological polar surface area (TPSA) is 24.8 Å². The number of hydrogen-bond acceptors (Lipinski definition) is 3. The van der Waals surface area contributed by atoms with Crippen molar-refractivity contribution in [2.24, 2.45) is 4.99 Å². The van der Waals surface area contributed by atoms with E-state index in [1.165, 1.54) is 5.69 Å². The van der Waals surface area contributed by atoms with Gasteiger partial charge >= 0.3 is 0 Å². The van der Waals surface area contributed by atoms with Gasteiger partial charge in [0.1, 0.15) is 12.6 Å². The standard InChI is InChI=1S/C11H14N2O/c1-13(7-10-8-14-9-12-10)11-5-3-2-4-6-11/h2-6,9-10H,7-8H2,1H3. The molecule has 1 aliphatic heterocycles. The van der Waals surface area contributed by atoms with Crippen molar-refractivity contribution in [3.8, 4) is 0 Å². The summed E-state index contributed by atoms with van der Waals surface area (Å²) in [5.74, 6) is 0. The molecule has 0 saturated heterocycles. The number of nitrogens with zero attached hydrogens (tertiary/aromatic N) is 2. The van der Waals surface area contributed by atoms with Gasteiger partial charge in [0.2, 0.25) is 0 Å². The molecule has 3 heteroatoms. The largest absolute Gasteiger partial charge is 0.481 e. The summed E-state index contributed by atoms with van der Waals surface area (Å²) in [4.78, 5) is 6.40. The van der Waals surface area contributed by atoms with Crippen LogP contribution in [0.5, 0.6) is 0 Å². The first-order valence-corrected chi connectivity index (χ1v) is 4.76. The van der Waals surface area contributed by atoms with Gasteiger partial charge in [0, 0.05) is 19.3 Å². The number of rotatable bonds is 3. The number of anilines is 1. The van der Waals surface area contributed by atoms with Crippen molar-refractivity contribution in [3.63, 3.8) is 0 Å². The molecular weight excluding hydrogens is 176 g/mol. The molecule has 0 spiro atoms. The van der Waals surface area contributed by atoms with Gasteiger partial charge in [-0.1, -0.05) is 18.2 Å². The first kappa shape index (κ1) is 9.06. The van der Waals surface area contributed by atoms with Crippen molar-refractivity contribution < 1.29 is 4.74 Å². The normalized spacial score (nSPS) is 19.4. The average molecular weight is 190 g/mol. The fourth-order valence-electron chi connectivity index (χ4n) is 1.53. The maximum Gasteiger partial charge on any atom is 0.169 e. The molecule has 0 radical (unpaired) electrons. The molecule has 14 heavy (non-hydrogen) atoms. The minimum atomic E-state index is 0.278. The third-order valence-corrected chi connectivity index (χ3v) is 2.32. The summed E-state index contributed by atoms with van der Waals surface area (Å²) in [7, 11) is 2.07. The number of aliphatic imine (C=N–C) groups is 1. The van der Waals surface area contributed by atoms with E-state index in [2.05, 4.69) is 29.1 Å². The predicted molar refractivity (Wildman–Crippen MR) is 57.9 cm³/mol. The molecule has 2 rings (SSSR count). The lowest BCUT2D eigenvalue weighted by Gasteiger charge is -2.20. The van der Waals surface area contributed by atoms with E-state index >= 15 is 0 Å². The van der Waals surface area contributed by atoms with Gasteiger partial charge in [-0.3, -0.25) is 0 Å². The van der Waals surface area contributed by atoms with Crippen LogP contribution >= 0.6 is 0 Å². The number of ether oxygens (including phenoxy) is 1. The highest BCUT2D eigenvalue weighted by Crippen LogP contribution is 2.12. The quantitative estimate of drug-likeness (QED) is 0.722. The molecule has 0 fully saturated rings. The van der Waals surface area contributed by atoms with E-state index in [4.69, 9.17) is 4.74 Å². The molecule has 0 amide bonds. The Bertz CT molecular complexity index is 310. The van der Waals surface area contributed by atoms with E-state index in [0.717, 1.165) is 6.54 Å². The van der Waals surface area contributed by atoms with Gasteiger partial charge in [0.15, 0.2) is 6.40 Å². The molecule has 1 unspecified atom stereocenters. The number of hydrogen-bond donors (Lipinski definition) is 0. The Morgan fingerprint density at radius 2 is 2.21 bits per heavy atom. The van der Waals surface area contributed by atoms with Crippen molar-refractivity contribution in [1.29, 1.82) is 0 Å². The Labute approximate surface area is 84.0 Å². The molecule has 1 atom stereocenters. The second kappa shape index (κ2) is 4.13. The van der Waals surface area contributed by atoms with Gasteiger partial charge < -0.3 is 9.64 Å². The molecule has 0 bridgehead atoms. The third kappa shape index (κ3) is 2.05. The van der Waals surface area contributed by atoms with Crippen LogP contribution in [0.15, 0.2) is 35.3 Å². The van der Waals surface area contributed by atoms with Crippen LogP contribution in [0, 0.1) is 0 Å². The van der Waals surface area contributed by atoms with E-state index in [9.17, 15) is 0 Å². The minimum Gasteiger partial charge on any atom is -0.481 e. The van der Waals surface area contributed by atoms with Crippen LogP contribution in [0.2, 0.25) is 0 Å². The summed E-state index contributed by atoms with van der Waals surface area (Å²) in [5.41, 5.74) is 1.22. The number of para-hydroxylation sites is 1. The van der Waals surface area contributed by atoms with Crippen LogP contribution in [-0.2, 0) is 4.74 Å². The van der Waals surface area contributed by atoms with Crippen LogP contribution in [0.1, 0.15) is 0 Å². The summed E-state index contributed by atoms with van der Waals surface area (Å²) in [6.45, 7) is 1.61. The molecule has 0 aromatic heterocycles. The van der Waals surface area contributed by atoms with Gasteiger partial charge in [0.05, 0.1) is 0 Å². The lowest BCUT2D eigenvalue weighted by Crippen LogP contribution is -2.28. The molecule has 0 N–H and O–H groups in total. The van der Waals surface area contributed by atoms with E-state index in [1.54, 1.807) is 6.40 Å². The van der Waals surface area contributed by atoms with Gasteiger partial charge in [0.25, 0.3) is 0 Å². The summed E-state index contributed by atoms with van der Waals surface area (Å²) in [6, 6.07) is 10.6. The molecule has 0 saturated carbocycles. The zero-order chi connectivity index (χ0) is 9.80. The van der Waals surface area contributed by atoms with E-state index in [1.807, 2.05) is 18.2 Å². The highest BCUT2D eigenvalue weighted by Gasteiger charge is 2.14. The second-order valence-corrected chi connectivity index (χ2v) is 3.46. The van der Waals surface area contributed by atoms with E-state index in [0.29, 0.717) is 6.61 Å². The summed E-state index contributed by atoms with van der Waals surface area (Å²) in [5, 5.41) is 0. The molecule has 0 aliphatic carbocycles. The molecular formula is C11H14N2O. The highest BCUT2D eigenvalue weighted by molar-refractivity contribution is 5.50. The fraction of sp³-hybridized carbons (Fsp3) is 0.364. The zero-order valence-corrected chi connectivity index (χ0v) is 8.26.